The fourth-order valence-electron chi connectivity index (χ4n) is 1.44. The second-order valence-electron chi connectivity index (χ2n) is 3.61. The van der Waals surface area contributed by atoms with Crippen molar-refractivity contribution in [3.8, 4) is 0 Å². The average molecular weight is 274 g/mol. The van der Waals surface area contributed by atoms with Crippen molar-refractivity contribution in [2.75, 3.05) is 11.9 Å². The van der Waals surface area contributed by atoms with Gasteiger partial charge in [0.25, 0.3) is 0 Å². The van der Waals surface area contributed by atoms with Crippen LogP contribution in [-0.2, 0) is 0 Å². The molecule has 0 saturated heterocycles. The van der Waals surface area contributed by atoms with Gasteiger partial charge in [-0.3, -0.25) is 20.2 Å². The number of nitro groups is 2. The minimum absolute atomic E-state index is 0.0329. The van der Waals surface area contributed by atoms with Gasteiger partial charge in [0.05, 0.1) is 14.9 Å². The van der Waals surface area contributed by atoms with E-state index >= 15 is 0 Å². The quantitative estimate of drug-likeness (QED) is 0.487. The van der Waals surface area contributed by atoms with Crippen LogP contribution in [0.2, 0.25) is 5.02 Å². The predicted molar refractivity (Wildman–Crippen MR) is 68.2 cm³/mol. The first-order valence-corrected chi connectivity index (χ1v) is 5.71. The lowest BCUT2D eigenvalue weighted by Crippen LogP contribution is -2.07. The molecule has 0 amide bonds. The first kappa shape index (κ1) is 14.2. The van der Waals surface area contributed by atoms with E-state index in [0.717, 1.165) is 25.0 Å². The van der Waals surface area contributed by atoms with E-state index < -0.39 is 9.85 Å². The number of rotatable bonds is 6. The summed E-state index contributed by atoms with van der Waals surface area (Å²) in [5, 5.41) is 24.4. The second-order valence-corrected chi connectivity index (χ2v) is 4.05. The van der Waals surface area contributed by atoms with Crippen molar-refractivity contribution in [2.24, 2.45) is 0 Å². The highest BCUT2D eigenvalue weighted by Crippen LogP contribution is 2.37. The summed E-state index contributed by atoms with van der Waals surface area (Å²) in [4.78, 5) is 20.4. The van der Waals surface area contributed by atoms with Crippen LogP contribution >= 0.6 is 11.6 Å². The van der Waals surface area contributed by atoms with Crippen LogP contribution in [0.5, 0.6) is 0 Å². The third-order valence-electron chi connectivity index (χ3n) is 2.29. The molecular weight excluding hydrogens is 262 g/mol. The van der Waals surface area contributed by atoms with Crippen LogP contribution in [0.25, 0.3) is 0 Å². The summed E-state index contributed by atoms with van der Waals surface area (Å²) < 4.78 is 0. The minimum Gasteiger partial charge on any atom is -0.374 e. The number of benzene rings is 1. The molecule has 1 rings (SSSR count). The molecule has 0 saturated carbocycles. The zero-order chi connectivity index (χ0) is 13.7. The molecule has 8 heteroatoms. The Bertz CT molecular complexity index is 443. The Morgan fingerprint density at radius 1 is 1.22 bits per heavy atom. The van der Waals surface area contributed by atoms with Crippen molar-refractivity contribution in [3.63, 3.8) is 0 Å². The molecule has 1 N–H and O–H groups in total. The summed E-state index contributed by atoms with van der Waals surface area (Å²) in [5.74, 6) is 0. The third-order valence-corrected chi connectivity index (χ3v) is 2.51. The molecule has 7 nitrogen and oxygen atoms in total. The van der Waals surface area contributed by atoms with Gasteiger partial charge in [-0.05, 0) is 6.42 Å². The van der Waals surface area contributed by atoms with Crippen molar-refractivity contribution < 1.29 is 9.85 Å². The van der Waals surface area contributed by atoms with E-state index in [9.17, 15) is 20.2 Å². The van der Waals surface area contributed by atoms with E-state index in [0.29, 0.717) is 6.54 Å². The Morgan fingerprint density at radius 3 is 2.11 bits per heavy atom. The molecule has 1 aromatic rings. The highest BCUT2D eigenvalue weighted by molar-refractivity contribution is 6.31. The van der Waals surface area contributed by atoms with Gasteiger partial charge in [-0.1, -0.05) is 24.9 Å². The van der Waals surface area contributed by atoms with Gasteiger partial charge < -0.3 is 5.32 Å². The molecule has 0 atom stereocenters. The lowest BCUT2D eigenvalue weighted by molar-refractivity contribution is -0.392. The van der Waals surface area contributed by atoms with Gasteiger partial charge in [0.2, 0.25) is 0 Å². The summed E-state index contributed by atoms with van der Waals surface area (Å²) in [6.45, 7) is 2.38. The van der Waals surface area contributed by atoms with E-state index in [-0.39, 0.29) is 22.1 Å². The summed E-state index contributed by atoms with van der Waals surface area (Å²) in [6.07, 6.45) is 1.64. The number of nitrogens with zero attached hydrogens (tertiary/aromatic N) is 2. The van der Waals surface area contributed by atoms with Gasteiger partial charge in [-0.25, -0.2) is 0 Å². The lowest BCUT2D eigenvalue weighted by Gasteiger charge is -2.07. The fourth-order valence-corrected chi connectivity index (χ4v) is 1.64. The molecule has 0 aliphatic carbocycles. The van der Waals surface area contributed by atoms with Crippen LogP contribution in [0, 0.1) is 20.2 Å². The van der Waals surface area contributed by atoms with Crippen LogP contribution in [0.4, 0.5) is 17.1 Å². The number of hydrogen-bond acceptors (Lipinski definition) is 5. The minimum atomic E-state index is -0.687. The molecule has 1 aromatic carbocycles. The van der Waals surface area contributed by atoms with Crippen LogP contribution in [0.1, 0.15) is 19.8 Å². The SMILES string of the molecule is CCCCNc1c([N+](=O)[O-])cc(Cl)cc1[N+](=O)[O-]. The van der Waals surface area contributed by atoms with Gasteiger partial charge in [-0.2, -0.15) is 0 Å². The monoisotopic (exact) mass is 273 g/mol. The first-order valence-electron chi connectivity index (χ1n) is 5.33. The summed E-state index contributed by atoms with van der Waals surface area (Å²) in [7, 11) is 0. The van der Waals surface area contributed by atoms with Gasteiger partial charge in [-0.15, -0.1) is 0 Å². The maximum absolute atomic E-state index is 10.9. The lowest BCUT2D eigenvalue weighted by atomic mass is 10.2. The molecule has 0 aromatic heterocycles. The molecule has 0 radical (unpaired) electrons. The molecule has 0 unspecified atom stereocenters. The zero-order valence-electron chi connectivity index (χ0n) is 9.68. The number of hydrogen-bond donors (Lipinski definition) is 1. The summed E-state index contributed by atoms with van der Waals surface area (Å²) in [5.41, 5.74) is -0.863. The molecular formula is C10H12ClN3O4. The maximum atomic E-state index is 10.9. The van der Waals surface area contributed by atoms with Crippen LogP contribution in [0.15, 0.2) is 12.1 Å². The molecule has 18 heavy (non-hydrogen) atoms. The van der Waals surface area contributed by atoms with Crippen molar-refractivity contribution in [1.82, 2.24) is 0 Å². The maximum Gasteiger partial charge on any atom is 0.300 e. The topological polar surface area (TPSA) is 98.3 Å². The molecule has 0 aliphatic heterocycles. The second kappa shape index (κ2) is 6.15. The number of nitro benzene ring substituents is 2. The van der Waals surface area contributed by atoms with Crippen molar-refractivity contribution in [2.45, 2.75) is 19.8 Å². The van der Waals surface area contributed by atoms with Gasteiger partial charge in [0, 0.05) is 18.7 Å². The molecule has 0 fully saturated rings. The first-order chi connectivity index (χ1) is 8.47. The highest BCUT2D eigenvalue weighted by Gasteiger charge is 2.26. The van der Waals surface area contributed by atoms with Gasteiger partial charge in [0.15, 0.2) is 5.69 Å². The van der Waals surface area contributed by atoms with E-state index in [1.807, 2.05) is 6.92 Å². The zero-order valence-corrected chi connectivity index (χ0v) is 10.4. The highest BCUT2D eigenvalue weighted by atomic mass is 35.5. The standard InChI is InChI=1S/C10H12ClN3O4/c1-2-3-4-12-10-8(13(15)16)5-7(11)6-9(10)14(17)18/h5-6,12H,2-4H2,1H3. The van der Waals surface area contributed by atoms with E-state index in [4.69, 9.17) is 11.6 Å². The van der Waals surface area contributed by atoms with Crippen LogP contribution < -0.4 is 5.32 Å². The average Bonchev–Trinajstić information content (AvgIpc) is 2.30. The van der Waals surface area contributed by atoms with E-state index in [1.165, 1.54) is 0 Å². The molecule has 0 spiro atoms. The van der Waals surface area contributed by atoms with Crippen molar-refractivity contribution in [1.29, 1.82) is 0 Å². The molecule has 0 bridgehead atoms. The van der Waals surface area contributed by atoms with E-state index in [2.05, 4.69) is 5.32 Å². The Morgan fingerprint density at radius 2 is 1.72 bits per heavy atom. The van der Waals surface area contributed by atoms with Gasteiger partial charge >= 0.3 is 11.4 Å². The molecule has 0 heterocycles. The Labute approximate surface area is 108 Å². The number of nitrogens with one attached hydrogen (secondary N) is 1. The Kier molecular flexibility index (Phi) is 4.85. The molecule has 0 aliphatic rings. The van der Waals surface area contributed by atoms with E-state index in [1.54, 1.807) is 0 Å². The Hall–Kier alpha value is -1.89. The largest absolute Gasteiger partial charge is 0.374 e. The van der Waals surface area contributed by atoms with Gasteiger partial charge in [0.1, 0.15) is 0 Å². The normalized spacial score (nSPS) is 10.1. The number of anilines is 1. The third kappa shape index (κ3) is 3.30. The number of halogens is 1. The van der Waals surface area contributed by atoms with Crippen LogP contribution in [0.3, 0.4) is 0 Å². The van der Waals surface area contributed by atoms with Crippen molar-refractivity contribution in [3.05, 3.63) is 37.4 Å². The summed E-state index contributed by atoms with van der Waals surface area (Å²) >= 11 is 5.63. The summed E-state index contributed by atoms with van der Waals surface area (Å²) in [6, 6.07) is 2.20. The predicted octanol–water partition coefficient (Wildman–Crippen LogP) is 3.37. The smallest absolute Gasteiger partial charge is 0.300 e. The molecule has 98 valence electrons. The number of unbranched alkanes of at least 4 members (excludes halogenated alkanes) is 1. The Balaban J connectivity index is 3.23. The van der Waals surface area contributed by atoms with Crippen molar-refractivity contribution >= 4 is 28.7 Å². The van der Waals surface area contributed by atoms with Crippen LogP contribution in [-0.4, -0.2) is 16.4 Å². The fraction of sp³-hybridized carbons (Fsp3) is 0.400.